The van der Waals surface area contributed by atoms with Crippen LogP contribution in [0, 0.1) is 0 Å². The SMILES string of the molecule is CSCCC(=O)c1c(Br)cnn1CCN(C)C. The number of aromatic nitrogens is 2. The van der Waals surface area contributed by atoms with Gasteiger partial charge in [-0.1, -0.05) is 0 Å². The van der Waals surface area contributed by atoms with Crippen molar-refractivity contribution in [3.8, 4) is 0 Å². The lowest BCUT2D eigenvalue weighted by Gasteiger charge is -2.11. The van der Waals surface area contributed by atoms with Crippen LogP contribution in [-0.2, 0) is 6.54 Å². The summed E-state index contributed by atoms with van der Waals surface area (Å²) in [5, 5.41) is 4.23. The molecule has 4 nitrogen and oxygen atoms in total. The topological polar surface area (TPSA) is 38.1 Å². The molecule has 0 bridgehead atoms. The fraction of sp³-hybridized carbons (Fsp3) is 0.636. The maximum atomic E-state index is 12.0. The van der Waals surface area contributed by atoms with E-state index in [0.29, 0.717) is 12.1 Å². The van der Waals surface area contributed by atoms with Crippen LogP contribution in [0.25, 0.3) is 0 Å². The lowest BCUT2D eigenvalue weighted by molar-refractivity contribution is 0.0977. The average molecular weight is 320 g/mol. The van der Waals surface area contributed by atoms with Gasteiger partial charge in [0, 0.05) is 18.7 Å². The van der Waals surface area contributed by atoms with Gasteiger partial charge in [-0.3, -0.25) is 9.48 Å². The van der Waals surface area contributed by atoms with Gasteiger partial charge in [-0.15, -0.1) is 0 Å². The molecule has 0 N–H and O–H groups in total. The van der Waals surface area contributed by atoms with Crippen LogP contribution in [0.4, 0.5) is 0 Å². The van der Waals surface area contributed by atoms with E-state index in [-0.39, 0.29) is 5.78 Å². The van der Waals surface area contributed by atoms with Gasteiger partial charge in [-0.05, 0) is 36.3 Å². The number of rotatable bonds is 7. The molecule has 0 fully saturated rings. The first-order valence-electron chi connectivity index (χ1n) is 5.44. The minimum Gasteiger partial charge on any atom is -0.308 e. The summed E-state index contributed by atoms with van der Waals surface area (Å²) in [4.78, 5) is 14.1. The number of carbonyl (C=O) groups excluding carboxylic acids is 1. The van der Waals surface area contributed by atoms with E-state index in [1.165, 1.54) is 0 Å². The van der Waals surface area contributed by atoms with E-state index in [0.717, 1.165) is 23.3 Å². The summed E-state index contributed by atoms with van der Waals surface area (Å²) in [5.41, 5.74) is 0.695. The Kier molecular flexibility index (Phi) is 6.22. The summed E-state index contributed by atoms with van der Waals surface area (Å²) in [5.74, 6) is 1.01. The van der Waals surface area contributed by atoms with Gasteiger partial charge in [-0.25, -0.2) is 0 Å². The average Bonchev–Trinajstić information content (AvgIpc) is 2.64. The van der Waals surface area contributed by atoms with Gasteiger partial charge in [0.25, 0.3) is 0 Å². The minimum atomic E-state index is 0.155. The molecule has 0 atom stereocenters. The molecule has 0 saturated heterocycles. The fourth-order valence-corrected chi connectivity index (χ4v) is 2.32. The van der Waals surface area contributed by atoms with Crippen LogP contribution >= 0.6 is 27.7 Å². The first-order valence-corrected chi connectivity index (χ1v) is 7.63. The Labute approximate surface area is 115 Å². The zero-order chi connectivity index (χ0) is 12.8. The van der Waals surface area contributed by atoms with Crippen LogP contribution in [0.1, 0.15) is 16.9 Å². The Morgan fingerprint density at radius 3 is 2.88 bits per heavy atom. The number of nitrogens with zero attached hydrogens (tertiary/aromatic N) is 3. The van der Waals surface area contributed by atoms with E-state index in [9.17, 15) is 4.79 Å². The molecule has 0 aliphatic carbocycles. The van der Waals surface area contributed by atoms with Gasteiger partial charge in [0.1, 0.15) is 5.69 Å². The highest BCUT2D eigenvalue weighted by Crippen LogP contribution is 2.18. The summed E-state index contributed by atoms with van der Waals surface area (Å²) < 4.78 is 2.58. The molecule has 0 aliphatic heterocycles. The summed E-state index contributed by atoms with van der Waals surface area (Å²) >= 11 is 5.08. The number of Topliss-reactive ketones (excluding diaryl/α,β-unsaturated/α-hetero) is 1. The molecule has 1 aromatic rings. The Bertz CT molecular complexity index is 379. The highest BCUT2D eigenvalue weighted by Gasteiger charge is 2.16. The molecular weight excluding hydrogens is 302 g/mol. The Morgan fingerprint density at radius 1 is 1.59 bits per heavy atom. The maximum absolute atomic E-state index is 12.0. The number of ketones is 1. The van der Waals surface area contributed by atoms with Gasteiger partial charge in [0.2, 0.25) is 0 Å². The Morgan fingerprint density at radius 2 is 2.29 bits per heavy atom. The Hall–Kier alpha value is -0.330. The monoisotopic (exact) mass is 319 g/mol. The van der Waals surface area contributed by atoms with Crippen molar-refractivity contribution in [1.29, 1.82) is 0 Å². The Balaban J connectivity index is 2.75. The van der Waals surface area contributed by atoms with Gasteiger partial charge >= 0.3 is 0 Å². The quantitative estimate of drug-likeness (QED) is 0.722. The number of likely N-dealkylation sites (N-methyl/N-ethyl adjacent to an activating group) is 1. The molecule has 0 aromatic carbocycles. The molecule has 0 unspecified atom stereocenters. The molecule has 1 heterocycles. The molecule has 6 heteroatoms. The highest BCUT2D eigenvalue weighted by molar-refractivity contribution is 9.10. The second-order valence-electron chi connectivity index (χ2n) is 4.03. The molecule has 0 amide bonds. The van der Waals surface area contributed by atoms with Crippen molar-refractivity contribution in [2.75, 3.05) is 32.6 Å². The lowest BCUT2D eigenvalue weighted by atomic mass is 10.2. The standard InChI is InChI=1S/C11H18BrN3OS/c1-14(2)5-6-15-11(9(12)8-13-15)10(16)4-7-17-3/h8H,4-7H2,1-3H3. The molecule has 1 aromatic heterocycles. The summed E-state index contributed by atoms with van der Waals surface area (Å²) in [7, 11) is 4.02. The predicted octanol–water partition coefficient (Wildman–Crippen LogP) is 2.14. The second-order valence-corrected chi connectivity index (χ2v) is 5.87. The van der Waals surface area contributed by atoms with E-state index in [1.54, 1.807) is 22.6 Å². The molecular formula is C11H18BrN3OS. The number of thioether (sulfide) groups is 1. The number of halogens is 1. The van der Waals surface area contributed by atoms with Crippen molar-refractivity contribution < 1.29 is 4.79 Å². The van der Waals surface area contributed by atoms with E-state index in [1.807, 2.05) is 20.4 Å². The first kappa shape index (κ1) is 14.7. The molecule has 1 rings (SSSR count). The van der Waals surface area contributed by atoms with Crippen LogP contribution in [0.3, 0.4) is 0 Å². The number of hydrogen-bond acceptors (Lipinski definition) is 4. The normalized spacial score (nSPS) is 11.1. The van der Waals surface area contributed by atoms with Gasteiger partial charge < -0.3 is 4.90 Å². The third-order valence-electron chi connectivity index (χ3n) is 2.35. The first-order chi connectivity index (χ1) is 8.06. The van der Waals surface area contributed by atoms with E-state index >= 15 is 0 Å². The van der Waals surface area contributed by atoms with Crippen LogP contribution < -0.4 is 0 Å². The van der Waals surface area contributed by atoms with Crippen molar-refractivity contribution in [1.82, 2.24) is 14.7 Å². The smallest absolute Gasteiger partial charge is 0.182 e. The molecule has 0 saturated carbocycles. The summed E-state index contributed by atoms with van der Waals surface area (Å²) in [6.07, 6.45) is 4.26. The maximum Gasteiger partial charge on any atom is 0.182 e. The largest absolute Gasteiger partial charge is 0.308 e. The number of hydrogen-bond donors (Lipinski definition) is 0. The van der Waals surface area contributed by atoms with Gasteiger partial charge in [-0.2, -0.15) is 16.9 Å². The second kappa shape index (κ2) is 7.18. The van der Waals surface area contributed by atoms with Crippen molar-refractivity contribution >= 4 is 33.5 Å². The van der Waals surface area contributed by atoms with Crippen LogP contribution in [0.15, 0.2) is 10.7 Å². The summed E-state index contributed by atoms with van der Waals surface area (Å²) in [6, 6.07) is 0. The van der Waals surface area contributed by atoms with E-state index in [2.05, 4.69) is 25.9 Å². The summed E-state index contributed by atoms with van der Waals surface area (Å²) in [6.45, 7) is 1.61. The van der Waals surface area contributed by atoms with Crippen molar-refractivity contribution in [2.24, 2.45) is 0 Å². The van der Waals surface area contributed by atoms with Crippen LogP contribution in [0.5, 0.6) is 0 Å². The predicted molar refractivity (Wildman–Crippen MR) is 75.8 cm³/mol. The molecule has 0 aliphatic rings. The van der Waals surface area contributed by atoms with E-state index < -0.39 is 0 Å². The zero-order valence-corrected chi connectivity index (χ0v) is 12.8. The molecule has 0 radical (unpaired) electrons. The highest BCUT2D eigenvalue weighted by atomic mass is 79.9. The van der Waals surface area contributed by atoms with Crippen molar-refractivity contribution in [3.05, 3.63) is 16.4 Å². The molecule has 0 spiro atoms. The molecule has 17 heavy (non-hydrogen) atoms. The third-order valence-corrected chi connectivity index (χ3v) is 3.54. The van der Waals surface area contributed by atoms with Gasteiger partial charge in [0.05, 0.1) is 17.2 Å². The zero-order valence-electron chi connectivity index (χ0n) is 10.4. The van der Waals surface area contributed by atoms with Crippen LogP contribution in [0.2, 0.25) is 0 Å². The minimum absolute atomic E-state index is 0.155. The molecule has 96 valence electrons. The van der Waals surface area contributed by atoms with Gasteiger partial charge in [0.15, 0.2) is 5.78 Å². The van der Waals surface area contributed by atoms with Crippen molar-refractivity contribution in [2.45, 2.75) is 13.0 Å². The lowest BCUT2D eigenvalue weighted by Crippen LogP contribution is -2.21. The number of carbonyl (C=O) groups is 1. The van der Waals surface area contributed by atoms with E-state index in [4.69, 9.17) is 0 Å². The third kappa shape index (κ3) is 4.44. The fourth-order valence-electron chi connectivity index (χ4n) is 1.42. The van der Waals surface area contributed by atoms with Crippen molar-refractivity contribution in [3.63, 3.8) is 0 Å². The van der Waals surface area contributed by atoms with Crippen LogP contribution in [-0.4, -0.2) is 53.1 Å².